The van der Waals surface area contributed by atoms with Gasteiger partial charge in [-0.05, 0) is 18.9 Å². The molecule has 29 heavy (non-hydrogen) atoms. The molecule has 3 rings (SSSR count). The van der Waals surface area contributed by atoms with Crippen LogP contribution in [0.1, 0.15) is 41.9 Å². The van der Waals surface area contributed by atoms with Crippen molar-refractivity contribution in [1.82, 2.24) is 0 Å². The van der Waals surface area contributed by atoms with Crippen molar-refractivity contribution in [3.8, 4) is 0 Å². The number of ether oxygens (including phenoxy) is 1. The van der Waals surface area contributed by atoms with E-state index in [2.05, 4.69) is 4.99 Å². The molecule has 7 nitrogen and oxygen atoms in total. The van der Waals surface area contributed by atoms with Gasteiger partial charge in [-0.15, -0.1) is 0 Å². The van der Waals surface area contributed by atoms with E-state index in [-0.39, 0.29) is 35.3 Å². The van der Waals surface area contributed by atoms with E-state index in [4.69, 9.17) is 9.15 Å². The van der Waals surface area contributed by atoms with E-state index < -0.39 is 11.6 Å². The monoisotopic (exact) mass is 395 g/mol. The summed E-state index contributed by atoms with van der Waals surface area (Å²) < 4.78 is 10.3. The number of aliphatic hydroxyl groups excluding tert-OH is 1. The first-order valence-corrected chi connectivity index (χ1v) is 9.30. The molecule has 1 aliphatic rings. The second-order valence-corrected chi connectivity index (χ2v) is 6.80. The van der Waals surface area contributed by atoms with Crippen LogP contribution >= 0.6 is 0 Å². The quantitative estimate of drug-likeness (QED) is 0.359. The predicted octanol–water partition coefficient (Wildman–Crippen LogP) is 3.64. The van der Waals surface area contributed by atoms with Crippen LogP contribution in [0.5, 0.6) is 0 Å². The van der Waals surface area contributed by atoms with Crippen LogP contribution in [0.4, 0.5) is 5.69 Å². The lowest BCUT2D eigenvalue weighted by atomic mass is 9.88. The Labute approximate surface area is 167 Å². The van der Waals surface area contributed by atoms with Crippen molar-refractivity contribution in [3.63, 3.8) is 0 Å². The summed E-state index contributed by atoms with van der Waals surface area (Å²) in [4.78, 5) is 40.8. The number of carbonyl (C=O) groups is 2. The van der Waals surface area contributed by atoms with Crippen LogP contribution in [-0.2, 0) is 16.0 Å². The molecule has 0 saturated carbocycles. The number of fused-ring (bicyclic) bond motifs is 1. The summed E-state index contributed by atoms with van der Waals surface area (Å²) in [6.45, 7) is 3.65. The molecule has 1 heterocycles. The number of Topliss-reactive ketones (excluding diaryl/α,β-unsaturated/α-hetero) is 1. The van der Waals surface area contributed by atoms with Crippen LogP contribution in [0, 0.1) is 5.92 Å². The van der Waals surface area contributed by atoms with Gasteiger partial charge in [0.2, 0.25) is 0 Å². The fourth-order valence-corrected chi connectivity index (χ4v) is 3.09. The number of aliphatic imine (C=N–C) groups is 1. The van der Waals surface area contributed by atoms with E-state index >= 15 is 0 Å². The third-order valence-electron chi connectivity index (χ3n) is 4.51. The number of ketones is 1. The molecule has 1 aromatic heterocycles. The van der Waals surface area contributed by atoms with Gasteiger partial charge in [-0.1, -0.05) is 37.3 Å². The SMILES string of the molecule is CCOC(=O)/C(C=Nc1cc2c(oc1=O)CC(C)CC2=O)=C(/O)c1ccccc1. The maximum atomic E-state index is 12.3. The summed E-state index contributed by atoms with van der Waals surface area (Å²) in [5, 5.41) is 10.5. The molecular formula is C22H21NO6. The van der Waals surface area contributed by atoms with E-state index in [1.165, 1.54) is 6.07 Å². The number of hydrogen-bond acceptors (Lipinski definition) is 7. The molecule has 0 fully saturated rings. The highest BCUT2D eigenvalue weighted by atomic mass is 16.5. The van der Waals surface area contributed by atoms with Crippen molar-refractivity contribution < 1.29 is 23.8 Å². The van der Waals surface area contributed by atoms with Crippen LogP contribution in [0.25, 0.3) is 5.76 Å². The minimum Gasteiger partial charge on any atom is -0.506 e. The lowest BCUT2D eigenvalue weighted by molar-refractivity contribution is -0.137. The van der Waals surface area contributed by atoms with Gasteiger partial charge in [0.15, 0.2) is 5.78 Å². The maximum Gasteiger partial charge on any atom is 0.362 e. The number of esters is 1. The number of nitrogens with zero attached hydrogens (tertiary/aromatic N) is 1. The zero-order valence-corrected chi connectivity index (χ0v) is 16.2. The summed E-state index contributed by atoms with van der Waals surface area (Å²) in [5.74, 6) is -0.781. The fraction of sp³-hybridized carbons (Fsp3) is 0.273. The zero-order chi connectivity index (χ0) is 21.0. The van der Waals surface area contributed by atoms with Crippen LogP contribution in [0.15, 0.2) is 56.2 Å². The van der Waals surface area contributed by atoms with E-state index in [0.717, 1.165) is 6.21 Å². The molecular weight excluding hydrogens is 374 g/mol. The summed E-state index contributed by atoms with van der Waals surface area (Å²) in [6.07, 6.45) is 1.92. The number of benzene rings is 1. The number of rotatable bonds is 5. The fourth-order valence-electron chi connectivity index (χ4n) is 3.09. The van der Waals surface area contributed by atoms with E-state index in [1.54, 1.807) is 37.3 Å². The number of carbonyl (C=O) groups excluding carboxylic acids is 2. The van der Waals surface area contributed by atoms with Crippen molar-refractivity contribution in [3.05, 3.63) is 69.3 Å². The first kappa shape index (κ1) is 20.3. The molecule has 1 N–H and O–H groups in total. The average molecular weight is 395 g/mol. The number of hydrogen-bond donors (Lipinski definition) is 1. The molecule has 1 aliphatic carbocycles. The average Bonchev–Trinajstić information content (AvgIpc) is 2.69. The van der Waals surface area contributed by atoms with Gasteiger partial charge in [0.25, 0.3) is 0 Å². The highest BCUT2D eigenvalue weighted by Gasteiger charge is 2.26. The third kappa shape index (κ3) is 4.51. The standard InChI is InChI=1S/C22H21NO6/c1-3-28-21(26)16(20(25)14-7-5-4-6-8-14)12-23-17-11-15-18(24)9-13(2)10-19(15)29-22(17)27/h4-8,11-13,25H,3,9-10H2,1-2H3/b20-16+,23-12?. The van der Waals surface area contributed by atoms with Crippen molar-refractivity contribution >= 4 is 29.4 Å². The summed E-state index contributed by atoms with van der Waals surface area (Å²) in [5.41, 5.74) is -0.346. The Morgan fingerprint density at radius 3 is 2.69 bits per heavy atom. The Kier molecular flexibility index (Phi) is 6.07. The van der Waals surface area contributed by atoms with E-state index in [9.17, 15) is 19.5 Å². The summed E-state index contributed by atoms with van der Waals surface area (Å²) in [7, 11) is 0. The summed E-state index contributed by atoms with van der Waals surface area (Å²) in [6, 6.07) is 9.79. The molecule has 0 bridgehead atoms. The van der Waals surface area contributed by atoms with E-state index in [0.29, 0.717) is 29.7 Å². The molecule has 0 saturated heterocycles. The molecule has 7 heteroatoms. The van der Waals surface area contributed by atoms with Crippen LogP contribution < -0.4 is 5.63 Å². The third-order valence-corrected chi connectivity index (χ3v) is 4.51. The van der Waals surface area contributed by atoms with Gasteiger partial charge in [0, 0.05) is 24.6 Å². The topological polar surface area (TPSA) is 106 Å². The molecule has 1 aromatic carbocycles. The molecule has 0 spiro atoms. The molecule has 0 amide bonds. The van der Waals surface area contributed by atoms with Gasteiger partial charge in [0.05, 0.1) is 12.2 Å². The van der Waals surface area contributed by atoms with Gasteiger partial charge in [-0.3, -0.25) is 4.79 Å². The maximum absolute atomic E-state index is 12.3. The molecule has 0 radical (unpaired) electrons. The Hall–Kier alpha value is -3.48. The zero-order valence-electron chi connectivity index (χ0n) is 16.2. The highest BCUT2D eigenvalue weighted by molar-refractivity contribution is 6.15. The Balaban J connectivity index is 2.03. The normalized spacial score (nSPS) is 17.0. The predicted molar refractivity (Wildman–Crippen MR) is 108 cm³/mol. The summed E-state index contributed by atoms with van der Waals surface area (Å²) >= 11 is 0. The van der Waals surface area contributed by atoms with Crippen LogP contribution in [-0.4, -0.2) is 29.7 Å². The minimum absolute atomic E-state index is 0.103. The van der Waals surface area contributed by atoms with Crippen molar-refractivity contribution in [2.24, 2.45) is 10.9 Å². The van der Waals surface area contributed by atoms with Gasteiger partial charge >= 0.3 is 11.6 Å². The Bertz CT molecular complexity index is 1050. The first-order chi connectivity index (χ1) is 13.9. The minimum atomic E-state index is -0.787. The van der Waals surface area contributed by atoms with Gasteiger partial charge in [0.1, 0.15) is 22.8 Å². The largest absolute Gasteiger partial charge is 0.506 e. The van der Waals surface area contributed by atoms with Gasteiger partial charge < -0.3 is 14.3 Å². The Morgan fingerprint density at radius 2 is 2.00 bits per heavy atom. The first-order valence-electron chi connectivity index (χ1n) is 9.30. The smallest absolute Gasteiger partial charge is 0.362 e. The number of aliphatic hydroxyl groups is 1. The second-order valence-electron chi connectivity index (χ2n) is 6.80. The van der Waals surface area contributed by atoms with Crippen molar-refractivity contribution in [2.45, 2.75) is 26.7 Å². The van der Waals surface area contributed by atoms with Gasteiger partial charge in [-0.25, -0.2) is 14.6 Å². The second kappa shape index (κ2) is 8.68. The van der Waals surface area contributed by atoms with Crippen molar-refractivity contribution in [1.29, 1.82) is 0 Å². The van der Waals surface area contributed by atoms with Gasteiger partial charge in [-0.2, -0.15) is 0 Å². The Morgan fingerprint density at radius 1 is 1.28 bits per heavy atom. The lowest BCUT2D eigenvalue weighted by Gasteiger charge is -2.18. The molecule has 0 aliphatic heterocycles. The van der Waals surface area contributed by atoms with Crippen molar-refractivity contribution in [2.75, 3.05) is 6.61 Å². The van der Waals surface area contributed by atoms with Crippen LogP contribution in [0.3, 0.4) is 0 Å². The molecule has 1 unspecified atom stereocenters. The van der Waals surface area contributed by atoms with E-state index in [1.807, 2.05) is 6.92 Å². The van der Waals surface area contributed by atoms with Crippen LogP contribution in [0.2, 0.25) is 0 Å². The molecule has 150 valence electrons. The molecule has 1 atom stereocenters. The lowest BCUT2D eigenvalue weighted by Crippen LogP contribution is -2.20. The highest BCUT2D eigenvalue weighted by Crippen LogP contribution is 2.26. The molecule has 2 aromatic rings.